The molecule has 2 heterocycles. The molecule has 1 saturated heterocycles. The predicted octanol–water partition coefficient (Wildman–Crippen LogP) is 3.68. The van der Waals surface area contributed by atoms with Crippen molar-refractivity contribution < 1.29 is 9.53 Å². The number of aromatic nitrogens is 1. The van der Waals surface area contributed by atoms with Gasteiger partial charge in [0, 0.05) is 31.0 Å². The lowest BCUT2D eigenvalue weighted by Crippen LogP contribution is -2.41. The minimum atomic E-state index is -0.557. The Hall–Kier alpha value is -3.18. The molecule has 0 spiro atoms. The van der Waals surface area contributed by atoms with E-state index in [0.717, 1.165) is 47.5 Å². The van der Waals surface area contributed by atoms with Crippen molar-refractivity contribution in [3.8, 4) is 16.9 Å². The van der Waals surface area contributed by atoms with Gasteiger partial charge in [-0.25, -0.2) is 0 Å². The molecular formula is C25H27N3O2. The predicted molar refractivity (Wildman–Crippen MR) is 118 cm³/mol. The molecule has 1 aliphatic rings. The first-order valence-electron chi connectivity index (χ1n) is 10.2. The SMILES string of the molecule is COc1ccccc1CN1CCC(Cc2cccc(-c3ccncc3)c2)(C(N)=O)C1. The third-order valence-corrected chi connectivity index (χ3v) is 6.03. The van der Waals surface area contributed by atoms with E-state index in [1.54, 1.807) is 19.5 Å². The third kappa shape index (κ3) is 4.21. The van der Waals surface area contributed by atoms with Gasteiger partial charge in [0.15, 0.2) is 0 Å². The topological polar surface area (TPSA) is 68.4 Å². The molecule has 0 bridgehead atoms. The van der Waals surface area contributed by atoms with Gasteiger partial charge in [-0.1, -0.05) is 42.5 Å². The number of amides is 1. The summed E-state index contributed by atoms with van der Waals surface area (Å²) in [5.74, 6) is 0.651. The van der Waals surface area contributed by atoms with Crippen molar-refractivity contribution >= 4 is 5.91 Å². The summed E-state index contributed by atoms with van der Waals surface area (Å²) in [7, 11) is 1.69. The molecule has 1 unspecified atom stereocenters. The van der Waals surface area contributed by atoms with Crippen LogP contribution in [0.5, 0.6) is 5.75 Å². The molecule has 0 aliphatic carbocycles. The van der Waals surface area contributed by atoms with Crippen molar-refractivity contribution in [1.82, 2.24) is 9.88 Å². The zero-order valence-corrected chi connectivity index (χ0v) is 17.3. The highest BCUT2D eigenvalue weighted by molar-refractivity contribution is 5.82. The van der Waals surface area contributed by atoms with Gasteiger partial charge in [0.1, 0.15) is 5.75 Å². The number of likely N-dealkylation sites (tertiary alicyclic amines) is 1. The molecule has 2 N–H and O–H groups in total. The second-order valence-electron chi connectivity index (χ2n) is 8.03. The van der Waals surface area contributed by atoms with Crippen LogP contribution in [-0.4, -0.2) is 36.0 Å². The van der Waals surface area contributed by atoms with E-state index in [1.165, 1.54) is 0 Å². The van der Waals surface area contributed by atoms with Crippen LogP contribution < -0.4 is 10.5 Å². The number of ether oxygens (including phenoxy) is 1. The van der Waals surface area contributed by atoms with Crippen molar-refractivity contribution in [2.75, 3.05) is 20.2 Å². The van der Waals surface area contributed by atoms with Gasteiger partial charge in [0.25, 0.3) is 0 Å². The van der Waals surface area contributed by atoms with Crippen LogP contribution in [0.25, 0.3) is 11.1 Å². The van der Waals surface area contributed by atoms with Gasteiger partial charge in [-0.05, 0) is 54.3 Å². The number of hydrogen-bond acceptors (Lipinski definition) is 4. The Labute approximate surface area is 177 Å². The van der Waals surface area contributed by atoms with Gasteiger partial charge in [0.05, 0.1) is 12.5 Å². The van der Waals surface area contributed by atoms with Crippen molar-refractivity contribution in [3.05, 3.63) is 84.2 Å². The summed E-state index contributed by atoms with van der Waals surface area (Å²) in [4.78, 5) is 19.0. The van der Waals surface area contributed by atoms with Crippen LogP contribution in [0.3, 0.4) is 0 Å². The normalized spacial score (nSPS) is 19.0. The molecule has 1 fully saturated rings. The standard InChI is InChI=1S/C25H27N3O2/c1-30-23-8-3-2-6-22(23)17-28-14-11-25(18-28,24(26)29)16-19-5-4-7-21(15-19)20-9-12-27-13-10-20/h2-10,12-13,15H,11,14,16-18H2,1H3,(H2,26,29). The second-order valence-corrected chi connectivity index (χ2v) is 8.03. The average molecular weight is 402 g/mol. The minimum Gasteiger partial charge on any atom is -0.496 e. The van der Waals surface area contributed by atoms with Gasteiger partial charge < -0.3 is 10.5 Å². The molecule has 1 atom stereocenters. The number of benzene rings is 2. The number of pyridine rings is 1. The first-order chi connectivity index (χ1) is 14.6. The number of methoxy groups -OCH3 is 1. The Balaban J connectivity index is 1.53. The quantitative estimate of drug-likeness (QED) is 0.656. The van der Waals surface area contributed by atoms with Crippen molar-refractivity contribution in [3.63, 3.8) is 0 Å². The van der Waals surface area contributed by atoms with E-state index in [1.807, 2.05) is 36.4 Å². The average Bonchev–Trinajstić information content (AvgIpc) is 3.19. The lowest BCUT2D eigenvalue weighted by molar-refractivity contribution is -0.127. The number of carbonyl (C=O) groups excluding carboxylic acids is 1. The van der Waals surface area contributed by atoms with Crippen LogP contribution in [0.2, 0.25) is 0 Å². The van der Waals surface area contributed by atoms with Gasteiger partial charge in [-0.2, -0.15) is 0 Å². The van der Waals surface area contributed by atoms with E-state index in [2.05, 4.69) is 34.1 Å². The molecule has 30 heavy (non-hydrogen) atoms. The number of carbonyl (C=O) groups is 1. The van der Waals surface area contributed by atoms with Crippen LogP contribution in [0.1, 0.15) is 17.5 Å². The fourth-order valence-electron chi connectivity index (χ4n) is 4.40. The highest BCUT2D eigenvalue weighted by atomic mass is 16.5. The van der Waals surface area contributed by atoms with Gasteiger partial charge in [-0.15, -0.1) is 0 Å². The maximum atomic E-state index is 12.6. The summed E-state index contributed by atoms with van der Waals surface area (Å²) in [5.41, 5.74) is 9.88. The van der Waals surface area contributed by atoms with E-state index in [-0.39, 0.29) is 5.91 Å². The van der Waals surface area contributed by atoms with Crippen molar-refractivity contribution in [2.45, 2.75) is 19.4 Å². The Morgan fingerprint density at radius 2 is 1.90 bits per heavy atom. The lowest BCUT2D eigenvalue weighted by atomic mass is 9.79. The fraction of sp³-hybridized carbons (Fsp3) is 0.280. The highest BCUT2D eigenvalue weighted by Gasteiger charge is 2.43. The largest absolute Gasteiger partial charge is 0.496 e. The molecule has 0 saturated carbocycles. The highest BCUT2D eigenvalue weighted by Crippen LogP contribution is 2.36. The summed E-state index contributed by atoms with van der Waals surface area (Å²) in [6.45, 7) is 2.24. The molecule has 1 amide bonds. The Bertz CT molecular complexity index is 1020. The van der Waals surface area contributed by atoms with E-state index < -0.39 is 5.41 Å². The maximum Gasteiger partial charge on any atom is 0.225 e. The van der Waals surface area contributed by atoms with Crippen LogP contribution in [0.4, 0.5) is 0 Å². The van der Waals surface area contributed by atoms with Crippen molar-refractivity contribution in [2.24, 2.45) is 11.1 Å². The molecular weight excluding hydrogens is 374 g/mol. The van der Waals surface area contributed by atoms with E-state index in [0.29, 0.717) is 13.0 Å². The lowest BCUT2D eigenvalue weighted by Gasteiger charge is -2.26. The fourth-order valence-corrected chi connectivity index (χ4v) is 4.40. The minimum absolute atomic E-state index is 0.223. The Morgan fingerprint density at radius 1 is 1.10 bits per heavy atom. The summed E-state index contributed by atoms with van der Waals surface area (Å²) in [6.07, 6.45) is 4.99. The van der Waals surface area contributed by atoms with E-state index in [4.69, 9.17) is 10.5 Å². The van der Waals surface area contributed by atoms with Gasteiger partial charge in [0.2, 0.25) is 5.91 Å². The molecule has 4 rings (SSSR count). The molecule has 1 aromatic heterocycles. The van der Waals surface area contributed by atoms with E-state index >= 15 is 0 Å². The van der Waals surface area contributed by atoms with Crippen molar-refractivity contribution in [1.29, 1.82) is 0 Å². The zero-order valence-electron chi connectivity index (χ0n) is 17.3. The van der Waals surface area contributed by atoms with E-state index in [9.17, 15) is 4.79 Å². The van der Waals surface area contributed by atoms with Crippen LogP contribution in [-0.2, 0) is 17.8 Å². The molecule has 3 aromatic rings. The zero-order chi connectivity index (χ0) is 21.0. The smallest absolute Gasteiger partial charge is 0.225 e. The number of nitrogens with zero attached hydrogens (tertiary/aromatic N) is 2. The monoisotopic (exact) mass is 401 g/mol. The molecule has 5 heteroatoms. The first kappa shape index (κ1) is 20.1. The number of para-hydroxylation sites is 1. The van der Waals surface area contributed by atoms with Crippen LogP contribution >= 0.6 is 0 Å². The summed E-state index contributed by atoms with van der Waals surface area (Å²) in [5, 5.41) is 0. The van der Waals surface area contributed by atoms with Gasteiger partial charge in [-0.3, -0.25) is 14.7 Å². The Kier molecular flexibility index (Phi) is 5.81. The summed E-state index contributed by atoms with van der Waals surface area (Å²) < 4.78 is 5.48. The van der Waals surface area contributed by atoms with Crippen LogP contribution in [0, 0.1) is 5.41 Å². The van der Waals surface area contributed by atoms with Crippen LogP contribution in [0.15, 0.2) is 73.1 Å². The number of rotatable bonds is 7. The first-order valence-corrected chi connectivity index (χ1v) is 10.2. The molecule has 154 valence electrons. The molecule has 2 aromatic carbocycles. The number of nitrogens with two attached hydrogens (primary N) is 1. The maximum absolute atomic E-state index is 12.6. The molecule has 1 aliphatic heterocycles. The molecule has 0 radical (unpaired) electrons. The Morgan fingerprint density at radius 3 is 2.67 bits per heavy atom. The summed E-state index contributed by atoms with van der Waals surface area (Å²) in [6, 6.07) is 20.4. The second kappa shape index (κ2) is 8.67. The van der Waals surface area contributed by atoms with Gasteiger partial charge >= 0.3 is 0 Å². The summed E-state index contributed by atoms with van der Waals surface area (Å²) >= 11 is 0. The number of primary amides is 1. The third-order valence-electron chi connectivity index (χ3n) is 6.03. The number of hydrogen-bond donors (Lipinski definition) is 1. The molecule has 5 nitrogen and oxygen atoms in total.